The fraction of sp³-hybridized carbons (Fsp3) is 0.429. The highest BCUT2D eigenvalue weighted by atomic mass is 32.2. The van der Waals surface area contributed by atoms with Crippen molar-refractivity contribution in [3.05, 3.63) is 11.8 Å². The van der Waals surface area contributed by atoms with Gasteiger partial charge >= 0.3 is 0 Å². The average molecular weight is 185 g/mol. The van der Waals surface area contributed by atoms with Gasteiger partial charge in [-0.25, -0.2) is 9.97 Å². The third kappa shape index (κ3) is 2.09. The molecule has 0 atom stereocenters. The second kappa shape index (κ2) is 4.27. The van der Waals surface area contributed by atoms with Crippen LogP contribution < -0.4 is 5.73 Å². The Balaban J connectivity index is 2.87. The number of ether oxygens (including phenoxy) is 1. The molecule has 0 bridgehead atoms. The van der Waals surface area contributed by atoms with Crippen molar-refractivity contribution in [2.75, 3.05) is 19.1 Å². The van der Waals surface area contributed by atoms with E-state index in [1.807, 2.05) is 6.26 Å². The molecule has 12 heavy (non-hydrogen) atoms. The lowest BCUT2D eigenvalue weighted by atomic mass is 10.3. The molecule has 0 amide bonds. The SMILES string of the molecule is COCc1cnc(SC)nc1N. The van der Waals surface area contributed by atoms with Gasteiger partial charge in [0, 0.05) is 18.9 Å². The van der Waals surface area contributed by atoms with Gasteiger partial charge in [-0.1, -0.05) is 11.8 Å². The number of nitrogens with zero attached hydrogens (tertiary/aromatic N) is 2. The molecule has 5 heteroatoms. The molecule has 0 saturated heterocycles. The normalized spacial score (nSPS) is 10.2. The van der Waals surface area contributed by atoms with Crippen LogP contribution in [0.15, 0.2) is 11.4 Å². The van der Waals surface area contributed by atoms with Gasteiger partial charge in [0.1, 0.15) is 5.82 Å². The lowest BCUT2D eigenvalue weighted by molar-refractivity contribution is 0.184. The van der Waals surface area contributed by atoms with Crippen LogP contribution in [0.5, 0.6) is 0 Å². The Morgan fingerprint density at radius 1 is 1.67 bits per heavy atom. The Morgan fingerprint density at radius 2 is 2.42 bits per heavy atom. The van der Waals surface area contributed by atoms with Crippen molar-refractivity contribution in [3.8, 4) is 0 Å². The minimum Gasteiger partial charge on any atom is -0.383 e. The summed E-state index contributed by atoms with van der Waals surface area (Å²) in [5.74, 6) is 0.496. The summed E-state index contributed by atoms with van der Waals surface area (Å²) >= 11 is 1.47. The fourth-order valence-corrected chi connectivity index (χ4v) is 1.12. The summed E-state index contributed by atoms with van der Waals surface area (Å²) < 4.78 is 4.92. The number of nitrogens with two attached hydrogens (primary N) is 1. The third-order valence-corrected chi connectivity index (χ3v) is 1.92. The molecule has 0 aliphatic carbocycles. The summed E-state index contributed by atoms with van der Waals surface area (Å²) in [5.41, 5.74) is 6.47. The van der Waals surface area contributed by atoms with Gasteiger partial charge in [0.25, 0.3) is 0 Å². The van der Waals surface area contributed by atoms with Crippen molar-refractivity contribution < 1.29 is 4.74 Å². The number of rotatable bonds is 3. The Bertz CT molecular complexity index is 267. The number of hydrogen-bond acceptors (Lipinski definition) is 5. The van der Waals surface area contributed by atoms with Gasteiger partial charge in [0.2, 0.25) is 0 Å². The zero-order valence-corrected chi connectivity index (χ0v) is 7.89. The molecule has 0 aromatic carbocycles. The number of anilines is 1. The quantitative estimate of drug-likeness (QED) is 0.560. The third-order valence-electron chi connectivity index (χ3n) is 1.36. The summed E-state index contributed by atoms with van der Waals surface area (Å²) in [6.45, 7) is 0.459. The van der Waals surface area contributed by atoms with Crippen molar-refractivity contribution in [1.82, 2.24) is 9.97 Å². The summed E-state index contributed by atoms with van der Waals surface area (Å²) in [6.07, 6.45) is 3.60. The van der Waals surface area contributed by atoms with Crippen LogP contribution in [0.2, 0.25) is 0 Å². The first kappa shape index (κ1) is 9.28. The van der Waals surface area contributed by atoms with E-state index in [9.17, 15) is 0 Å². The molecule has 0 aliphatic rings. The van der Waals surface area contributed by atoms with Gasteiger partial charge in [-0.3, -0.25) is 0 Å². The zero-order valence-electron chi connectivity index (χ0n) is 7.07. The Kier molecular flexibility index (Phi) is 3.31. The predicted molar refractivity (Wildman–Crippen MR) is 48.9 cm³/mol. The molecule has 1 heterocycles. The molecule has 0 unspecified atom stereocenters. The molecule has 1 rings (SSSR count). The molecular weight excluding hydrogens is 174 g/mol. The second-order valence-corrected chi connectivity index (χ2v) is 2.97. The van der Waals surface area contributed by atoms with Crippen molar-refractivity contribution >= 4 is 17.6 Å². The second-order valence-electron chi connectivity index (χ2n) is 2.20. The monoisotopic (exact) mass is 185 g/mol. The summed E-state index contributed by atoms with van der Waals surface area (Å²) in [4.78, 5) is 8.13. The van der Waals surface area contributed by atoms with E-state index >= 15 is 0 Å². The van der Waals surface area contributed by atoms with Crippen LogP contribution in [0.1, 0.15) is 5.56 Å². The van der Waals surface area contributed by atoms with Crippen molar-refractivity contribution in [1.29, 1.82) is 0 Å². The van der Waals surface area contributed by atoms with Crippen LogP contribution >= 0.6 is 11.8 Å². The standard InChI is InChI=1S/C7H11N3OS/c1-11-4-5-3-9-7(12-2)10-6(5)8/h3H,4H2,1-2H3,(H2,8,9,10). The first-order valence-corrected chi connectivity index (χ1v) is 4.64. The molecule has 1 aromatic rings. The van der Waals surface area contributed by atoms with Crippen LogP contribution in [0.25, 0.3) is 0 Å². The largest absolute Gasteiger partial charge is 0.383 e. The van der Waals surface area contributed by atoms with Crippen LogP contribution in [0.3, 0.4) is 0 Å². The van der Waals surface area contributed by atoms with E-state index in [0.29, 0.717) is 17.6 Å². The first-order valence-electron chi connectivity index (χ1n) is 3.42. The van der Waals surface area contributed by atoms with E-state index < -0.39 is 0 Å². The van der Waals surface area contributed by atoms with E-state index in [4.69, 9.17) is 10.5 Å². The van der Waals surface area contributed by atoms with Gasteiger partial charge in [0.05, 0.1) is 6.61 Å². The molecule has 66 valence electrons. The maximum Gasteiger partial charge on any atom is 0.189 e. The van der Waals surface area contributed by atoms with Crippen molar-refractivity contribution in [2.45, 2.75) is 11.8 Å². The molecule has 0 aliphatic heterocycles. The van der Waals surface area contributed by atoms with Crippen LogP contribution in [-0.2, 0) is 11.3 Å². The molecule has 0 spiro atoms. The molecule has 0 radical (unpaired) electrons. The molecule has 2 N–H and O–H groups in total. The van der Waals surface area contributed by atoms with Crippen molar-refractivity contribution in [2.24, 2.45) is 0 Å². The van der Waals surface area contributed by atoms with E-state index in [0.717, 1.165) is 5.56 Å². The highest BCUT2D eigenvalue weighted by Crippen LogP contribution is 2.13. The number of aromatic nitrogens is 2. The number of hydrogen-bond donors (Lipinski definition) is 1. The van der Waals surface area contributed by atoms with Crippen LogP contribution in [0.4, 0.5) is 5.82 Å². The summed E-state index contributed by atoms with van der Waals surface area (Å²) in [5, 5.41) is 0.687. The number of thioether (sulfide) groups is 1. The average Bonchev–Trinajstić information content (AvgIpc) is 2.09. The molecule has 1 aromatic heterocycles. The summed E-state index contributed by atoms with van der Waals surface area (Å²) in [6, 6.07) is 0. The highest BCUT2D eigenvalue weighted by Gasteiger charge is 2.01. The minimum atomic E-state index is 0.459. The van der Waals surface area contributed by atoms with E-state index in [1.165, 1.54) is 11.8 Å². The highest BCUT2D eigenvalue weighted by molar-refractivity contribution is 7.98. The van der Waals surface area contributed by atoms with Gasteiger partial charge in [-0.05, 0) is 6.26 Å². The molecule has 0 saturated carbocycles. The lowest BCUT2D eigenvalue weighted by Crippen LogP contribution is -2.01. The Hall–Kier alpha value is -0.810. The van der Waals surface area contributed by atoms with E-state index in [-0.39, 0.29) is 0 Å². The smallest absolute Gasteiger partial charge is 0.189 e. The van der Waals surface area contributed by atoms with Gasteiger partial charge < -0.3 is 10.5 Å². The van der Waals surface area contributed by atoms with E-state index in [1.54, 1.807) is 13.3 Å². The minimum absolute atomic E-state index is 0.459. The maximum absolute atomic E-state index is 5.64. The van der Waals surface area contributed by atoms with Gasteiger partial charge in [0.15, 0.2) is 5.16 Å². The topological polar surface area (TPSA) is 61.0 Å². The zero-order chi connectivity index (χ0) is 8.97. The lowest BCUT2D eigenvalue weighted by Gasteiger charge is -2.03. The predicted octanol–water partition coefficient (Wildman–Crippen LogP) is 0.927. The first-order chi connectivity index (χ1) is 5.77. The number of methoxy groups -OCH3 is 1. The van der Waals surface area contributed by atoms with Gasteiger partial charge in [-0.2, -0.15) is 0 Å². The van der Waals surface area contributed by atoms with Crippen LogP contribution in [-0.4, -0.2) is 23.3 Å². The molecular formula is C7H11N3OS. The van der Waals surface area contributed by atoms with Gasteiger partial charge in [-0.15, -0.1) is 0 Å². The van der Waals surface area contributed by atoms with Crippen LogP contribution in [0, 0.1) is 0 Å². The summed E-state index contributed by atoms with van der Waals surface area (Å²) in [7, 11) is 1.61. The Morgan fingerprint density at radius 3 is 2.92 bits per heavy atom. The maximum atomic E-state index is 5.64. The molecule has 4 nitrogen and oxygen atoms in total. The van der Waals surface area contributed by atoms with E-state index in [2.05, 4.69) is 9.97 Å². The molecule has 0 fully saturated rings. The van der Waals surface area contributed by atoms with Crippen molar-refractivity contribution in [3.63, 3.8) is 0 Å². The Labute approximate surface area is 75.5 Å². The fourth-order valence-electron chi connectivity index (χ4n) is 0.768. The number of nitrogen functional groups attached to an aromatic ring is 1.